The van der Waals surface area contributed by atoms with Gasteiger partial charge >= 0.3 is 0 Å². The zero-order valence-electron chi connectivity index (χ0n) is 8.90. The number of hydrogen-bond acceptors (Lipinski definition) is 1. The van der Waals surface area contributed by atoms with E-state index in [2.05, 4.69) is 15.9 Å². The van der Waals surface area contributed by atoms with Crippen molar-refractivity contribution in [2.45, 2.75) is 37.6 Å². The second-order valence-electron chi connectivity index (χ2n) is 4.44. The summed E-state index contributed by atoms with van der Waals surface area (Å²) in [7, 11) is 0. The smallest absolute Gasteiger partial charge is 0.156 e. The quantitative estimate of drug-likeness (QED) is 0.767. The molecule has 0 aliphatic heterocycles. The van der Waals surface area contributed by atoms with Crippen LogP contribution in [0.4, 0.5) is 4.39 Å². The van der Waals surface area contributed by atoms with Gasteiger partial charge in [0, 0.05) is 5.54 Å². The van der Waals surface area contributed by atoms with Crippen molar-refractivity contribution in [3.8, 4) is 0 Å². The molecule has 0 aromatic heterocycles. The summed E-state index contributed by atoms with van der Waals surface area (Å²) in [4.78, 5) is 0. The van der Waals surface area contributed by atoms with E-state index >= 15 is 0 Å². The fourth-order valence-electron chi connectivity index (χ4n) is 2.36. The topological polar surface area (TPSA) is 26.0 Å². The Bertz CT molecular complexity index is 402. The predicted octanol–water partition coefficient (Wildman–Crippen LogP) is 4.36. The molecule has 1 saturated carbocycles. The predicted molar refractivity (Wildman–Crippen MR) is 68.1 cm³/mol. The lowest BCUT2D eigenvalue weighted by atomic mass is 9.77. The monoisotopic (exact) mass is 305 g/mol. The third-order valence-electron chi connectivity index (χ3n) is 3.32. The summed E-state index contributed by atoms with van der Waals surface area (Å²) in [6.07, 6.45) is 5.15. The minimum absolute atomic E-state index is 0.166. The maximum atomic E-state index is 13.7. The molecule has 0 bridgehead atoms. The summed E-state index contributed by atoms with van der Waals surface area (Å²) < 4.78 is 14.1. The molecule has 2 N–H and O–H groups in total. The third kappa shape index (κ3) is 2.13. The Morgan fingerprint density at radius 3 is 2.50 bits per heavy atom. The summed E-state index contributed by atoms with van der Waals surface area (Å²) in [6, 6.07) is 3.51. The van der Waals surface area contributed by atoms with Crippen LogP contribution in [0.1, 0.15) is 37.7 Å². The van der Waals surface area contributed by atoms with Crippen LogP contribution in [0.2, 0.25) is 5.02 Å². The summed E-state index contributed by atoms with van der Waals surface area (Å²) in [5, 5.41) is 0.166. The number of nitrogens with two attached hydrogens (primary N) is 1. The van der Waals surface area contributed by atoms with Crippen LogP contribution < -0.4 is 5.73 Å². The van der Waals surface area contributed by atoms with Crippen LogP contribution in [-0.2, 0) is 5.54 Å². The minimum Gasteiger partial charge on any atom is -0.321 e. The van der Waals surface area contributed by atoms with Gasteiger partial charge in [-0.05, 0) is 40.4 Å². The molecule has 0 atom stereocenters. The van der Waals surface area contributed by atoms with E-state index in [1.54, 1.807) is 6.07 Å². The lowest BCUT2D eigenvalue weighted by Gasteiger charge is -2.34. The minimum atomic E-state index is -0.448. The van der Waals surface area contributed by atoms with E-state index in [4.69, 9.17) is 17.3 Å². The number of hydrogen-bond donors (Lipinski definition) is 1. The zero-order valence-corrected chi connectivity index (χ0v) is 11.2. The van der Waals surface area contributed by atoms with Crippen molar-refractivity contribution in [1.29, 1.82) is 0 Å². The Balaban J connectivity index is 2.43. The van der Waals surface area contributed by atoms with E-state index in [-0.39, 0.29) is 5.02 Å². The van der Waals surface area contributed by atoms with Crippen LogP contribution in [0.5, 0.6) is 0 Å². The van der Waals surface area contributed by atoms with Crippen molar-refractivity contribution < 1.29 is 4.39 Å². The Kier molecular flexibility index (Phi) is 3.57. The molecule has 2 rings (SSSR count). The highest BCUT2D eigenvalue weighted by atomic mass is 79.9. The summed E-state index contributed by atoms with van der Waals surface area (Å²) in [6.45, 7) is 0. The summed E-state index contributed by atoms with van der Waals surface area (Å²) >= 11 is 9.16. The highest BCUT2D eigenvalue weighted by Crippen LogP contribution is 2.40. The Morgan fingerprint density at radius 1 is 1.25 bits per heavy atom. The van der Waals surface area contributed by atoms with Gasteiger partial charge in [0.05, 0.1) is 9.50 Å². The second kappa shape index (κ2) is 4.63. The number of halogens is 3. The molecule has 0 spiro atoms. The zero-order chi connectivity index (χ0) is 11.8. The Morgan fingerprint density at radius 2 is 1.88 bits per heavy atom. The van der Waals surface area contributed by atoms with Crippen LogP contribution in [0, 0.1) is 5.82 Å². The van der Waals surface area contributed by atoms with Crippen LogP contribution in [0.25, 0.3) is 0 Å². The van der Waals surface area contributed by atoms with Gasteiger partial charge in [-0.3, -0.25) is 0 Å². The van der Waals surface area contributed by atoms with E-state index in [9.17, 15) is 4.39 Å². The standard InChI is InChI=1S/C12H14BrClFN/c13-9-5-4-8(10(14)11(9)15)12(16)6-2-1-3-7-12/h4-5H,1-3,6-7,16H2. The van der Waals surface area contributed by atoms with Crippen LogP contribution >= 0.6 is 27.5 Å². The molecular formula is C12H14BrClFN. The first-order valence-electron chi connectivity index (χ1n) is 5.47. The van der Waals surface area contributed by atoms with Crippen molar-refractivity contribution in [2.24, 2.45) is 5.73 Å². The molecule has 1 aromatic rings. The molecule has 0 unspecified atom stereocenters. The van der Waals surface area contributed by atoms with E-state index in [0.29, 0.717) is 4.47 Å². The van der Waals surface area contributed by atoms with Crippen molar-refractivity contribution >= 4 is 27.5 Å². The average Bonchev–Trinajstić information content (AvgIpc) is 2.27. The highest BCUT2D eigenvalue weighted by Gasteiger charge is 2.32. The van der Waals surface area contributed by atoms with Crippen molar-refractivity contribution in [3.63, 3.8) is 0 Å². The first-order valence-corrected chi connectivity index (χ1v) is 6.64. The molecule has 0 radical (unpaired) electrons. The molecule has 1 nitrogen and oxygen atoms in total. The maximum Gasteiger partial charge on any atom is 0.156 e. The first-order chi connectivity index (χ1) is 7.54. The molecule has 16 heavy (non-hydrogen) atoms. The molecule has 0 saturated heterocycles. The third-order valence-corrected chi connectivity index (χ3v) is 4.30. The Labute approximate surface area is 108 Å². The van der Waals surface area contributed by atoms with Gasteiger partial charge in [0.2, 0.25) is 0 Å². The van der Waals surface area contributed by atoms with Crippen LogP contribution in [0.3, 0.4) is 0 Å². The molecule has 1 aromatic carbocycles. The van der Waals surface area contributed by atoms with E-state index in [1.165, 1.54) is 6.42 Å². The average molecular weight is 307 g/mol. The van der Waals surface area contributed by atoms with Gasteiger partial charge in [-0.2, -0.15) is 0 Å². The number of benzene rings is 1. The van der Waals surface area contributed by atoms with Gasteiger partial charge in [0.1, 0.15) is 0 Å². The van der Waals surface area contributed by atoms with Gasteiger partial charge in [0.15, 0.2) is 5.82 Å². The summed E-state index contributed by atoms with van der Waals surface area (Å²) in [5.41, 5.74) is 6.63. The Hall–Kier alpha value is -0.120. The van der Waals surface area contributed by atoms with Crippen molar-refractivity contribution in [3.05, 3.63) is 33.0 Å². The normalized spacial score (nSPS) is 19.8. The SMILES string of the molecule is NC1(c2ccc(Br)c(F)c2Cl)CCCCC1. The molecular weight excluding hydrogens is 292 g/mol. The fourth-order valence-corrected chi connectivity index (χ4v) is 3.16. The second-order valence-corrected chi connectivity index (χ2v) is 5.67. The molecule has 1 aliphatic carbocycles. The molecule has 0 heterocycles. The van der Waals surface area contributed by atoms with Crippen molar-refractivity contribution in [2.75, 3.05) is 0 Å². The van der Waals surface area contributed by atoms with Gasteiger partial charge in [0.25, 0.3) is 0 Å². The van der Waals surface area contributed by atoms with Crippen molar-refractivity contribution in [1.82, 2.24) is 0 Å². The van der Waals surface area contributed by atoms with E-state index in [1.807, 2.05) is 6.07 Å². The lowest BCUT2D eigenvalue weighted by molar-refractivity contribution is 0.301. The van der Waals surface area contributed by atoms with Gasteiger partial charge in [-0.1, -0.05) is 36.9 Å². The molecule has 88 valence electrons. The first kappa shape index (κ1) is 12.3. The van der Waals surface area contributed by atoms with Gasteiger partial charge in [-0.25, -0.2) is 4.39 Å². The van der Waals surface area contributed by atoms with Gasteiger partial charge < -0.3 is 5.73 Å². The highest BCUT2D eigenvalue weighted by molar-refractivity contribution is 9.10. The van der Waals surface area contributed by atoms with Crippen LogP contribution in [-0.4, -0.2) is 0 Å². The molecule has 1 fully saturated rings. The molecule has 1 aliphatic rings. The largest absolute Gasteiger partial charge is 0.321 e. The number of rotatable bonds is 1. The fraction of sp³-hybridized carbons (Fsp3) is 0.500. The maximum absolute atomic E-state index is 13.7. The van der Waals surface area contributed by atoms with E-state index in [0.717, 1.165) is 31.2 Å². The van der Waals surface area contributed by atoms with Crippen LogP contribution in [0.15, 0.2) is 16.6 Å². The molecule has 0 amide bonds. The van der Waals surface area contributed by atoms with Gasteiger partial charge in [-0.15, -0.1) is 0 Å². The van der Waals surface area contributed by atoms with E-state index < -0.39 is 11.4 Å². The lowest BCUT2D eigenvalue weighted by Crippen LogP contribution is -2.39. The molecule has 4 heteroatoms. The summed E-state index contributed by atoms with van der Waals surface area (Å²) in [5.74, 6) is -0.408.